The van der Waals surface area contributed by atoms with E-state index in [1.165, 1.54) is 44.8 Å². The summed E-state index contributed by atoms with van der Waals surface area (Å²) in [7, 11) is 0. The third-order valence-corrected chi connectivity index (χ3v) is 12.6. The molecule has 0 atom stereocenters. The second kappa shape index (κ2) is 11.0. The number of hydrogen-bond donors (Lipinski definition) is 0. The lowest BCUT2D eigenvalue weighted by Crippen LogP contribution is -2.59. The molecule has 5 aliphatic heterocycles. The van der Waals surface area contributed by atoms with Gasteiger partial charge in [-0.2, -0.15) is 0 Å². The molecule has 268 valence electrons. The Hall–Kier alpha value is -7.18. The predicted molar refractivity (Wildman–Crippen MR) is 228 cm³/mol. The van der Waals surface area contributed by atoms with Crippen LogP contribution in [0.2, 0.25) is 0 Å². The second-order valence-corrected chi connectivity index (χ2v) is 15.8. The van der Waals surface area contributed by atoms with Gasteiger partial charge < -0.3 is 24.0 Å². The van der Waals surface area contributed by atoms with Crippen molar-refractivity contribution in [3.05, 3.63) is 197 Å². The van der Waals surface area contributed by atoms with Gasteiger partial charge in [-0.3, -0.25) is 0 Å². The fraction of sp³-hybridized carbons (Fsp3) is 0.0588. The molecule has 0 radical (unpaired) electrons. The maximum Gasteiger partial charge on any atom is 0.270 e. The molecule has 57 heavy (non-hydrogen) atoms. The zero-order valence-electron chi connectivity index (χ0n) is 31.3. The molecule has 1 spiro atoms. The summed E-state index contributed by atoms with van der Waals surface area (Å²) >= 11 is 0. The van der Waals surface area contributed by atoms with Crippen molar-refractivity contribution in [1.29, 1.82) is 0 Å². The van der Waals surface area contributed by atoms with Crippen molar-refractivity contribution in [2.24, 2.45) is 0 Å². The molecule has 0 bridgehead atoms. The maximum atomic E-state index is 6.86. The molecular formula is C51H33BN2O3. The number of anilines is 6. The van der Waals surface area contributed by atoms with E-state index in [1.54, 1.807) is 0 Å². The van der Waals surface area contributed by atoms with Gasteiger partial charge >= 0.3 is 0 Å². The second-order valence-electron chi connectivity index (χ2n) is 15.8. The van der Waals surface area contributed by atoms with Gasteiger partial charge in [-0.15, -0.1) is 0 Å². The zero-order chi connectivity index (χ0) is 37.6. The lowest BCUT2D eigenvalue weighted by Gasteiger charge is -2.51. The van der Waals surface area contributed by atoms with Gasteiger partial charge in [-0.05, 0) is 96.8 Å². The molecule has 5 nitrogen and oxygen atoms in total. The predicted octanol–water partition coefficient (Wildman–Crippen LogP) is 11.1. The number of para-hydroxylation sites is 3. The summed E-state index contributed by atoms with van der Waals surface area (Å²) in [5.41, 5.74) is 16.6. The molecule has 0 N–H and O–H groups in total. The van der Waals surface area contributed by atoms with Gasteiger partial charge in [0, 0.05) is 34.2 Å². The number of ether oxygens (including phenoxy) is 3. The smallest absolute Gasteiger partial charge is 0.270 e. The first kappa shape index (κ1) is 31.1. The van der Waals surface area contributed by atoms with Gasteiger partial charge in [0.05, 0.1) is 33.9 Å². The Balaban J connectivity index is 1.09. The Labute approximate surface area is 331 Å². The lowest BCUT2D eigenvalue weighted by molar-refractivity contribution is 0.443. The van der Waals surface area contributed by atoms with E-state index in [4.69, 9.17) is 14.2 Å². The number of rotatable bonds is 2. The van der Waals surface area contributed by atoms with Crippen LogP contribution in [0, 0.1) is 13.8 Å². The summed E-state index contributed by atoms with van der Waals surface area (Å²) < 4.78 is 20.1. The van der Waals surface area contributed by atoms with Gasteiger partial charge in [0.15, 0.2) is 0 Å². The molecule has 0 amide bonds. The largest absolute Gasteiger partial charge is 0.458 e. The Morgan fingerprint density at radius 3 is 1.32 bits per heavy atom. The molecule has 0 saturated heterocycles. The fourth-order valence-corrected chi connectivity index (χ4v) is 10.5. The normalized spacial score (nSPS) is 14.9. The Kier molecular flexibility index (Phi) is 5.99. The Morgan fingerprint density at radius 1 is 0.368 bits per heavy atom. The summed E-state index contributed by atoms with van der Waals surface area (Å²) in [5, 5.41) is 0. The quantitative estimate of drug-likeness (QED) is 0.165. The molecule has 5 aliphatic rings. The van der Waals surface area contributed by atoms with E-state index in [0.717, 1.165) is 73.6 Å². The highest BCUT2D eigenvalue weighted by Gasteiger charge is 2.53. The minimum Gasteiger partial charge on any atom is -0.458 e. The van der Waals surface area contributed by atoms with Crippen molar-refractivity contribution in [2.75, 3.05) is 9.80 Å². The summed E-state index contributed by atoms with van der Waals surface area (Å²) in [5.74, 6) is 4.90. The standard InChI is InChI=1S/C51H33BN2O3/c1-30-22-24-40-36(26-30)51(34-14-6-8-16-38(34)53(32-12-4-3-5-13-32)39-17-9-7-15-35(39)51)37-27-31(2)23-25-41(37)54(40)33-28-46-50-47(29-33)57-45-21-11-19-43-49(45)52(50)48-42(55-43)18-10-20-44(48)56-46/h3-29H,1-2H3. The third kappa shape index (κ3) is 3.94. The molecule has 0 aromatic heterocycles. The first-order valence-corrected chi connectivity index (χ1v) is 19.6. The Morgan fingerprint density at radius 2 is 0.789 bits per heavy atom. The van der Waals surface area contributed by atoms with Crippen LogP contribution in [0.15, 0.2) is 164 Å². The average molecular weight is 733 g/mol. The van der Waals surface area contributed by atoms with Gasteiger partial charge in [0.25, 0.3) is 6.71 Å². The van der Waals surface area contributed by atoms with Gasteiger partial charge in [-0.1, -0.05) is 102 Å². The number of fused-ring (bicyclic) bond motifs is 8. The van der Waals surface area contributed by atoms with Crippen molar-refractivity contribution < 1.29 is 14.2 Å². The van der Waals surface area contributed by atoms with Crippen LogP contribution in [-0.2, 0) is 5.41 Å². The first-order valence-electron chi connectivity index (χ1n) is 19.6. The number of nitrogens with zero attached hydrogens (tertiary/aromatic N) is 2. The van der Waals surface area contributed by atoms with E-state index < -0.39 is 5.41 Å². The first-order chi connectivity index (χ1) is 28.1. The minimum absolute atomic E-state index is 0.0463. The number of hydrogen-bond acceptors (Lipinski definition) is 5. The highest BCUT2D eigenvalue weighted by molar-refractivity contribution is 6.99. The van der Waals surface area contributed by atoms with Gasteiger partial charge in [0.1, 0.15) is 34.5 Å². The van der Waals surface area contributed by atoms with Crippen LogP contribution in [0.1, 0.15) is 33.4 Å². The number of benzene rings is 8. The fourth-order valence-electron chi connectivity index (χ4n) is 10.5. The highest BCUT2D eigenvalue weighted by atomic mass is 16.5. The maximum absolute atomic E-state index is 6.86. The molecular weight excluding hydrogens is 699 g/mol. The van der Waals surface area contributed by atoms with Gasteiger partial charge in [0.2, 0.25) is 0 Å². The molecule has 6 heteroatoms. The van der Waals surface area contributed by atoms with Crippen molar-refractivity contribution in [3.8, 4) is 34.5 Å². The summed E-state index contributed by atoms with van der Waals surface area (Å²) in [6.07, 6.45) is 0. The highest BCUT2D eigenvalue weighted by Crippen LogP contribution is 2.64. The van der Waals surface area contributed by atoms with Gasteiger partial charge in [-0.25, -0.2) is 0 Å². The molecule has 0 aliphatic carbocycles. The average Bonchev–Trinajstić information content (AvgIpc) is 3.24. The monoisotopic (exact) mass is 732 g/mol. The van der Waals surface area contributed by atoms with E-state index in [0.29, 0.717) is 0 Å². The SMILES string of the molecule is Cc1ccc2c(c1)C1(c3ccccc3N(c3ccccc3)c3ccccc31)c1cc(C)ccc1N2c1cc2c3c(c1)Oc1cccc4c1B3c1c(cccc1O2)O4. The molecule has 0 unspecified atom stereocenters. The minimum atomic E-state index is -0.625. The summed E-state index contributed by atoms with van der Waals surface area (Å²) in [6.45, 7) is 4.36. The molecule has 0 fully saturated rings. The molecule has 8 aromatic rings. The lowest BCUT2D eigenvalue weighted by atomic mass is 9.34. The summed E-state index contributed by atoms with van der Waals surface area (Å²) in [6, 6.07) is 59.2. The molecule has 5 heterocycles. The van der Waals surface area contributed by atoms with E-state index in [1.807, 2.05) is 24.3 Å². The van der Waals surface area contributed by atoms with Crippen LogP contribution in [0.4, 0.5) is 34.1 Å². The van der Waals surface area contributed by atoms with E-state index in [-0.39, 0.29) is 6.71 Å². The molecule has 13 rings (SSSR count). The van der Waals surface area contributed by atoms with Crippen LogP contribution in [0.25, 0.3) is 0 Å². The zero-order valence-corrected chi connectivity index (χ0v) is 31.3. The van der Waals surface area contributed by atoms with Crippen LogP contribution < -0.4 is 40.4 Å². The van der Waals surface area contributed by atoms with Crippen LogP contribution in [0.3, 0.4) is 0 Å². The third-order valence-electron chi connectivity index (χ3n) is 12.6. The van der Waals surface area contributed by atoms with Crippen LogP contribution in [0.5, 0.6) is 34.5 Å². The van der Waals surface area contributed by atoms with E-state index >= 15 is 0 Å². The molecule has 0 saturated carbocycles. The van der Waals surface area contributed by atoms with Crippen LogP contribution >= 0.6 is 0 Å². The van der Waals surface area contributed by atoms with Crippen molar-refractivity contribution in [2.45, 2.75) is 19.3 Å². The summed E-state index contributed by atoms with van der Waals surface area (Å²) in [4.78, 5) is 4.86. The van der Waals surface area contributed by atoms with E-state index in [2.05, 4.69) is 163 Å². The topological polar surface area (TPSA) is 34.2 Å². The van der Waals surface area contributed by atoms with Crippen LogP contribution in [-0.4, -0.2) is 6.71 Å². The van der Waals surface area contributed by atoms with Crippen molar-refractivity contribution in [1.82, 2.24) is 0 Å². The Bertz CT molecular complexity index is 2890. The molecule has 8 aromatic carbocycles. The van der Waals surface area contributed by atoms with E-state index in [9.17, 15) is 0 Å². The number of aryl methyl sites for hydroxylation is 2. The van der Waals surface area contributed by atoms with Crippen molar-refractivity contribution in [3.63, 3.8) is 0 Å². The van der Waals surface area contributed by atoms with Crippen molar-refractivity contribution >= 4 is 57.2 Å².